The standard InChI is InChI=1S/C12H12O/c13-9-11-7-3-4-8-12(11)10-5-1-2-6-10/h1-5,7-8,13H,6,9H2. The lowest BCUT2D eigenvalue weighted by Gasteiger charge is -2.07. The zero-order chi connectivity index (χ0) is 9.10. The minimum atomic E-state index is 0.119. The SMILES string of the molecule is OCc1ccccc1C1=CC=CC1. The summed E-state index contributed by atoms with van der Waals surface area (Å²) in [5, 5.41) is 9.13. The Bertz CT molecular complexity index is 361. The molecule has 0 aromatic heterocycles. The van der Waals surface area contributed by atoms with Crippen LogP contribution in [0, 0.1) is 0 Å². The molecule has 1 N–H and O–H groups in total. The number of allylic oxidation sites excluding steroid dienone is 4. The van der Waals surface area contributed by atoms with Crippen molar-refractivity contribution in [1.82, 2.24) is 0 Å². The van der Waals surface area contributed by atoms with Gasteiger partial charge in [0.2, 0.25) is 0 Å². The predicted molar refractivity (Wildman–Crippen MR) is 54.1 cm³/mol. The van der Waals surface area contributed by atoms with Crippen molar-refractivity contribution < 1.29 is 5.11 Å². The van der Waals surface area contributed by atoms with E-state index in [4.69, 9.17) is 5.11 Å². The van der Waals surface area contributed by atoms with E-state index in [1.54, 1.807) is 0 Å². The van der Waals surface area contributed by atoms with Crippen molar-refractivity contribution in [3.63, 3.8) is 0 Å². The molecule has 0 aliphatic heterocycles. The Morgan fingerprint density at radius 1 is 1.23 bits per heavy atom. The Balaban J connectivity index is 2.39. The first-order valence-corrected chi connectivity index (χ1v) is 4.46. The molecular formula is C12H12O. The summed E-state index contributed by atoms with van der Waals surface area (Å²) in [5.41, 5.74) is 3.48. The van der Waals surface area contributed by atoms with E-state index >= 15 is 0 Å². The second-order valence-corrected chi connectivity index (χ2v) is 3.14. The molecule has 1 aliphatic rings. The van der Waals surface area contributed by atoms with Gasteiger partial charge in [0, 0.05) is 0 Å². The van der Waals surface area contributed by atoms with Crippen LogP contribution < -0.4 is 0 Å². The van der Waals surface area contributed by atoms with Gasteiger partial charge in [-0.25, -0.2) is 0 Å². The summed E-state index contributed by atoms with van der Waals surface area (Å²) in [7, 11) is 0. The molecule has 1 aliphatic carbocycles. The summed E-state index contributed by atoms with van der Waals surface area (Å²) in [6, 6.07) is 7.99. The van der Waals surface area contributed by atoms with E-state index in [9.17, 15) is 0 Å². The van der Waals surface area contributed by atoms with Crippen molar-refractivity contribution in [1.29, 1.82) is 0 Å². The molecule has 2 rings (SSSR count). The summed E-state index contributed by atoms with van der Waals surface area (Å²) in [5.74, 6) is 0. The van der Waals surface area contributed by atoms with Crippen LogP contribution in [-0.4, -0.2) is 5.11 Å². The van der Waals surface area contributed by atoms with Crippen molar-refractivity contribution in [3.8, 4) is 0 Å². The van der Waals surface area contributed by atoms with Crippen molar-refractivity contribution in [3.05, 3.63) is 53.6 Å². The van der Waals surface area contributed by atoms with Gasteiger partial charge in [-0.15, -0.1) is 0 Å². The number of aliphatic hydroxyl groups excluding tert-OH is 1. The molecule has 0 heterocycles. The van der Waals surface area contributed by atoms with E-state index in [-0.39, 0.29) is 6.61 Å². The van der Waals surface area contributed by atoms with Gasteiger partial charge in [-0.2, -0.15) is 0 Å². The highest BCUT2D eigenvalue weighted by Gasteiger charge is 2.06. The van der Waals surface area contributed by atoms with Gasteiger partial charge >= 0.3 is 0 Å². The van der Waals surface area contributed by atoms with Crippen LogP contribution in [0.5, 0.6) is 0 Å². The Morgan fingerprint density at radius 3 is 2.77 bits per heavy atom. The monoisotopic (exact) mass is 172 g/mol. The van der Waals surface area contributed by atoms with Gasteiger partial charge < -0.3 is 5.11 Å². The van der Waals surface area contributed by atoms with E-state index in [1.165, 1.54) is 11.1 Å². The molecule has 0 bridgehead atoms. The largest absolute Gasteiger partial charge is 0.392 e. The fraction of sp³-hybridized carbons (Fsp3) is 0.167. The first-order chi connectivity index (χ1) is 6.42. The lowest BCUT2D eigenvalue weighted by atomic mass is 10.00. The number of aliphatic hydroxyl groups is 1. The van der Waals surface area contributed by atoms with E-state index in [2.05, 4.69) is 24.3 Å². The summed E-state index contributed by atoms with van der Waals surface area (Å²) < 4.78 is 0. The first-order valence-electron chi connectivity index (χ1n) is 4.46. The van der Waals surface area contributed by atoms with E-state index in [1.807, 2.05) is 18.2 Å². The fourth-order valence-corrected chi connectivity index (χ4v) is 1.62. The molecule has 66 valence electrons. The molecule has 0 atom stereocenters. The normalized spacial score (nSPS) is 14.7. The molecule has 0 spiro atoms. The smallest absolute Gasteiger partial charge is 0.0687 e. The van der Waals surface area contributed by atoms with Gasteiger partial charge in [-0.1, -0.05) is 42.5 Å². The Kier molecular flexibility index (Phi) is 2.28. The van der Waals surface area contributed by atoms with Gasteiger partial charge in [0.15, 0.2) is 0 Å². The molecule has 1 aromatic carbocycles. The summed E-state index contributed by atoms with van der Waals surface area (Å²) >= 11 is 0. The Hall–Kier alpha value is -1.34. The molecule has 0 fully saturated rings. The fourth-order valence-electron chi connectivity index (χ4n) is 1.62. The molecule has 0 saturated heterocycles. The van der Waals surface area contributed by atoms with E-state index < -0.39 is 0 Å². The van der Waals surface area contributed by atoms with Gasteiger partial charge in [0.25, 0.3) is 0 Å². The van der Waals surface area contributed by atoms with Crippen LogP contribution in [-0.2, 0) is 6.61 Å². The summed E-state index contributed by atoms with van der Waals surface area (Å²) in [4.78, 5) is 0. The molecule has 1 heteroatoms. The molecule has 0 unspecified atom stereocenters. The quantitative estimate of drug-likeness (QED) is 0.726. The van der Waals surface area contributed by atoms with Crippen LogP contribution in [0.25, 0.3) is 5.57 Å². The lowest BCUT2D eigenvalue weighted by molar-refractivity contribution is 0.281. The van der Waals surface area contributed by atoms with Crippen molar-refractivity contribution >= 4 is 5.57 Å². The molecular weight excluding hydrogens is 160 g/mol. The second kappa shape index (κ2) is 3.58. The highest BCUT2D eigenvalue weighted by molar-refractivity contribution is 5.72. The van der Waals surface area contributed by atoms with Gasteiger partial charge in [-0.05, 0) is 23.1 Å². The molecule has 0 amide bonds. The topological polar surface area (TPSA) is 20.2 Å². The van der Waals surface area contributed by atoms with Gasteiger partial charge in [0.1, 0.15) is 0 Å². The maximum atomic E-state index is 9.13. The summed E-state index contributed by atoms with van der Waals surface area (Å²) in [6.45, 7) is 0.119. The number of rotatable bonds is 2. The minimum Gasteiger partial charge on any atom is -0.392 e. The minimum absolute atomic E-state index is 0.119. The highest BCUT2D eigenvalue weighted by Crippen LogP contribution is 2.25. The second-order valence-electron chi connectivity index (χ2n) is 3.14. The van der Waals surface area contributed by atoms with Crippen LogP contribution in [0.3, 0.4) is 0 Å². The average molecular weight is 172 g/mol. The predicted octanol–water partition coefficient (Wildman–Crippen LogP) is 2.52. The van der Waals surface area contributed by atoms with Gasteiger partial charge in [-0.3, -0.25) is 0 Å². The third-order valence-corrected chi connectivity index (χ3v) is 2.30. The highest BCUT2D eigenvalue weighted by atomic mass is 16.3. The van der Waals surface area contributed by atoms with Crippen LogP contribution in [0.15, 0.2) is 42.5 Å². The maximum Gasteiger partial charge on any atom is 0.0687 e. The number of hydrogen-bond acceptors (Lipinski definition) is 1. The lowest BCUT2D eigenvalue weighted by Crippen LogP contribution is -1.91. The van der Waals surface area contributed by atoms with Crippen LogP contribution in [0.4, 0.5) is 0 Å². The molecule has 1 aromatic rings. The molecule has 13 heavy (non-hydrogen) atoms. The van der Waals surface area contributed by atoms with E-state index in [0.717, 1.165) is 12.0 Å². The number of benzene rings is 1. The number of hydrogen-bond donors (Lipinski definition) is 1. The summed E-state index contributed by atoms with van der Waals surface area (Å²) in [6.07, 6.45) is 7.28. The van der Waals surface area contributed by atoms with Gasteiger partial charge in [0.05, 0.1) is 6.61 Å². The molecule has 0 saturated carbocycles. The van der Waals surface area contributed by atoms with Crippen molar-refractivity contribution in [2.45, 2.75) is 13.0 Å². The van der Waals surface area contributed by atoms with Crippen LogP contribution >= 0.6 is 0 Å². The third kappa shape index (κ3) is 1.56. The van der Waals surface area contributed by atoms with Crippen molar-refractivity contribution in [2.24, 2.45) is 0 Å². The third-order valence-electron chi connectivity index (χ3n) is 2.30. The average Bonchev–Trinajstić information content (AvgIpc) is 2.70. The van der Waals surface area contributed by atoms with E-state index in [0.29, 0.717) is 0 Å². The Morgan fingerprint density at radius 2 is 2.08 bits per heavy atom. The maximum absolute atomic E-state index is 9.13. The molecule has 1 nitrogen and oxygen atoms in total. The zero-order valence-corrected chi connectivity index (χ0v) is 7.40. The molecule has 0 radical (unpaired) electrons. The zero-order valence-electron chi connectivity index (χ0n) is 7.40. The van der Waals surface area contributed by atoms with Crippen molar-refractivity contribution in [2.75, 3.05) is 0 Å². The van der Waals surface area contributed by atoms with Crippen LogP contribution in [0.1, 0.15) is 17.5 Å². The Labute approximate surface area is 78.0 Å². The first kappa shape index (κ1) is 8.27. The van der Waals surface area contributed by atoms with Crippen LogP contribution in [0.2, 0.25) is 0 Å².